The van der Waals surface area contributed by atoms with Gasteiger partial charge >= 0.3 is 0 Å². The van der Waals surface area contributed by atoms with Crippen molar-refractivity contribution in [1.82, 2.24) is 14.1 Å². The molecule has 12 heteroatoms. The van der Waals surface area contributed by atoms with Crippen molar-refractivity contribution in [3.05, 3.63) is 81.0 Å². The number of benzene rings is 2. The van der Waals surface area contributed by atoms with Crippen LogP contribution < -0.4 is 15.4 Å². The zero-order chi connectivity index (χ0) is 29.4. The number of hydrogen-bond donors (Lipinski definition) is 0. The van der Waals surface area contributed by atoms with Crippen molar-refractivity contribution in [2.75, 3.05) is 62.3 Å². The molecule has 2 aromatic carbocycles. The fourth-order valence-electron chi connectivity index (χ4n) is 5.18. The molecule has 0 radical (unpaired) electrons. The fourth-order valence-corrected chi connectivity index (χ4v) is 6.82. The quantitative estimate of drug-likeness (QED) is 0.424. The van der Waals surface area contributed by atoms with E-state index in [0.717, 1.165) is 5.56 Å². The molecule has 0 amide bonds. The molecular formula is C29H35ClFN5O4S. The Balaban J connectivity index is 1.40. The summed E-state index contributed by atoms with van der Waals surface area (Å²) in [6.45, 7) is 9.44. The number of hydrogen-bond acceptors (Lipinski definition) is 7. The molecule has 0 bridgehead atoms. The molecule has 2 fully saturated rings. The molecule has 41 heavy (non-hydrogen) atoms. The van der Waals surface area contributed by atoms with Gasteiger partial charge in [0, 0.05) is 49.9 Å². The van der Waals surface area contributed by atoms with Crippen LogP contribution in [0, 0.1) is 5.82 Å². The molecule has 0 spiro atoms. The Kier molecular flexibility index (Phi) is 8.43. The van der Waals surface area contributed by atoms with E-state index in [1.165, 1.54) is 21.1 Å². The molecule has 220 valence electrons. The second-order valence-electron chi connectivity index (χ2n) is 11.3. The summed E-state index contributed by atoms with van der Waals surface area (Å²) in [5, 5.41) is 4.60. The molecule has 0 aliphatic carbocycles. The number of halogens is 2. The van der Waals surface area contributed by atoms with Crippen molar-refractivity contribution in [3.8, 4) is 0 Å². The zero-order valence-electron chi connectivity index (χ0n) is 23.5. The Morgan fingerprint density at radius 2 is 1.61 bits per heavy atom. The molecule has 1 aromatic heterocycles. The molecule has 0 saturated carbocycles. The van der Waals surface area contributed by atoms with E-state index >= 15 is 0 Å². The summed E-state index contributed by atoms with van der Waals surface area (Å²) in [7, 11) is -3.67. The van der Waals surface area contributed by atoms with Crippen LogP contribution in [0.3, 0.4) is 0 Å². The maximum absolute atomic E-state index is 14.5. The minimum Gasteiger partial charge on any atom is -0.378 e. The number of ether oxygens (including phenoxy) is 1. The normalized spacial score (nSPS) is 17.2. The summed E-state index contributed by atoms with van der Waals surface area (Å²) in [6.07, 6.45) is 1.61. The Bertz CT molecular complexity index is 1540. The van der Waals surface area contributed by atoms with E-state index in [-0.39, 0.29) is 46.1 Å². The first-order valence-corrected chi connectivity index (χ1v) is 15.5. The summed E-state index contributed by atoms with van der Waals surface area (Å²) < 4.78 is 49.5. The first-order valence-electron chi connectivity index (χ1n) is 13.7. The van der Waals surface area contributed by atoms with Gasteiger partial charge in [0.2, 0.25) is 10.0 Å². The lowest BCUT2D eigenvalue weighted by Crippen LogP contribution is -2.50. The number of sulfonamides is 1. The number of nitrogens with zero attached hydrogens (tertiary/aromatic N) is 5. The van der Waals surface area contributed by atoms with Crippen LogP contribution >= 0.6 is 11.6 Å². The van der Waals surface area contributed by atoms with Gasteiger partial charge in [-0.2, -0.15) is 9.40 Å². The molecule has 3 aromatic rings. The van der Waals surface area contributed by atoms with E-state index in [0.29, 0.717) is 50.8 Å². The van der Waals surface area contributed by atoms with Crippen LogP contribution in [-0.4, -0.2) is 75.0 Å². The van der Waals surface area contributed by atoms with Crippen molar-refractivity contribution in [3.63, 3.8) is 0 Å². The van der Waals surface area contributed by atoms with E-state index in [2.05, 4.69) is 25.9 Å². The molecule has 0 unspecified atom stereocenters. The highest BCUT2D eigenvalue weighted by Gasteiger charge is 2.32. The van der Waals surface area contributed by atoms with Gasteiger partial charge < -0.3 is 14.5 Å². The van der Waals surface area contributed by atoms with E-state index in [1.807, 2.05) is 21.9 Å². The monoisotopic (exact) mass is 603 g/mol. The molecule has 0 N–H and O–H groups in total. The summed E-state index contributed by atoms with van der Waals surface area (Å²) in [6, 6.07) is 11.5. The molecule has 0 atom stereocenters. The highest BCUT2D eigenvalue weighted by Crippen LogP contribution is 2.30. The third-order valence-corrected chi connectivity index (χ3v) is 9.90. The van der Waals surface area contributed by atoms with E-state index in [9.17, 15) is 17.6 Å². The van der Waals surface area contributed by atoms with Gasteiger partial charge in [-0.1, -0.05) is 50.6 Å². The summed E-state index contributed by atoms with van der Waals surface area (Å²) in [5.74, 6) is -0.506. The predicted octanol–water partition coefficient (Wildman–Crippen LogP) is 3.73. The number of morpholine rings is 1. The highest BCUT2D eigenvalue weighted by atomic mass is 35.5. The van der Waals surface area contributed by atoms with Gasteiger partial charge in [-0.25, -0.2) is 17.5 Å². The molecule has 9 nitrogen and oxygen atoms in total. The smallest absolute Gasteiger partial charge is 0.292 e. The summed E-state index contributed by atoms with van der Waals surface area (Å²) >= 11 is 6.22. The zero-order valence-corrected chi connectivity index (χ0v) is 25.1. The van der Waals surface area contributed by atoms with Crippen LogP contribution in [0.5, 0.6) is 0 Å². The lowest BCUT2D eigenvalue weighted by atomic mass is 9.87. The maximum atomic E-state index is 14.5. The van der Waals surface area contributed by atoms with Crippen LogP contribution in [-0.2, 0) is 26.7 Å². The SMILES string of the molecule is CC(C)(C)c1ccc(S(=O)(=O)N2CCN(c3cnn(Cc4c(F)cccc4Cl)c(=O)c3N3CCOCC3)CC2)cc1. The van der Waals surface area contributed by atoms with Crippen molar-refractivity contribution >= 4 is 33.0 Å². The van der Waals surface area contributed by atoms with Crippen LogP contribution in [0.2, 0.25) is 5.02 Å². The molecule has 2 saturated heterocycles. The second kappa shape index (κ2) is 11.7. The maximum Gasteiger partial charge on any atom is 0.292 e. The molecule has 2 aliphatic heterocycles. The molecule has 3 heterocycles. The molecule has 2 aliphatic rings. The molecular weight excluding hydrogens is 569 g/mol. The van der Waals surface area contributed by atoms with Crippen LogP contribution in [0.25, 0.3) is 0 Å². The number of piperazine rings is 1. The standard InChI is InChI=1S/C29H35ClFN5O4S/c1-29(2,3)21-7-9-22(10-8-21)41(38,39)35-13-11-33(12-14-35)26-19-32-36(20-23-24(30)5-4-6-25(23)31)28(37)27(26)34-15-17-40-18-16-34/h4-10,19H,11-18,20H2,1-3H3. The van der Waals surface area contributed by atoms with Gasteiger partial charge in [-0.05, 0) is 35.2 Å². The van der Waals surface area contributed by atoms with Crippen molar-refractivity contribution < 1.29 is 17.5 Å². The summed E-state index contributed by atoms with van der Waals surface area (Å²) in [5.41, 5.74) is 1.90. The average molecular weight is 604 g/mol. The average Bonchev–Trinajstić information content (AvgIpc) is 2.96. The number of anilines is 2. The minimum atomic E-state index is -3.67. The Hall–Kier alpha value is -2.99. The van der Waals surface area contributed by atoms with Gasteiger partial charge in [0.1, 0.15) is 11.5 Å². The first kappa shape index (κ1) is 29.5. The van der Waals surface area contributed by atoms with Crippen LogP contribution in [0.4, 0.5) is 15.8 Å². The predicted molar refractivity (Wildman–Crippen MR) is 158 cm³/mol. The topological polar surface area (TPSA) is 88.0 Å². The first-order chi connectivity index (χ1) is 19.5. The lowest BCUT2D eigenvalue weighted by Gasteiger charge is -2.38. The van der Waals surface area contributed by atoms with Gasteiger partial charge in [0.15, 0.2) is 0 Å². The number of rotatable bonds is 6. The van der Waals surface area contributed by atoms with E-state index in [4.69, 9.17) is 16.3 Å². The number of aromatic nitrogens is 2. The van der Waals surface area contributed by atoms with Crippen LogP contribution in [0.15, 0.2) is 58.4 Å². The summed E-state index contributed by atoms with van der Waals surface area (Å²) in [4.78, 5) is 18.0. The van der Waals surface area contributed by atoms with Crippen molar-refractivity contribution in [2.45, 2.75) is 37.6 Å². The van der Waals surface area contributed by atoms with Gasteiger partial charge in [0.25, 0.3) is 5.56 Å². The Morgan fingerprint density at radius 1 is 0.951 bits per heavy atom. The Labute approximate surface area is 245 Å². The molecule has 5 rings (SSSR count). The Morgan fingerprint density at radius 3 is 2.22 bits per heavy atom. The van der Waals surface area contributed by atoms with Crippen molar-refractivity contribution in [2.24, 2.45) is 0 Å². The minimum absolute atomic E-state index is 0.0735. The lowest BCUT2D eigenvalue weighted by molar-refractivity contribution is 0.122. The second-order valence-corrected chi connectivity index (χ2v) is 13.7. The van der Waals surface area contributed by atoms with Gasteiger partial charge in [0.05, 0.1) is 36.5 Å². The third-order valence-electron chi connectivity index (χ3n) is 7.63. The third kappa shape index (κ3) is 6.13. The highest BCUT2D eigenvalue weighted by molar-refractivity contribution is 7.89. The van der Waals surface area contributed by atoms with Crippen LogP contribution in [0.1, 0.15) is 31.9 Å². The van der Waals surface area contributed by atoms with E-state index < -0.39 is 15.8 Å². The largest absolute Gasteiger partial charge is 0.378 e. The van der Waals surface area contributed by atoms with Gasteiger partial charge in [-0.3, -0.25) is 4.79 Å². The van der Waals surface area contributed by atoms with Gasteiger partial charge in [-0.15, -0.1) is 0 Å². The van der Waals surface area contributed by atoms with E-state index in [1.54, 1.807) is 24.4 Å². The van der Waals surface area contributed by atoms with Crippen molar-refractivity contribution in [1.29, 1.82) is 0 Å². The fraction of sp³-hybridized carbons (Fsp3) is 0.448.